The zero-order valence-electron chi connectivity index (χ0n) is 13.1. The average molecular weight is 299 g/mol. The van der Waals surface area contributed by atoms with E-state index in [1.54, 1.807) is 0 Å². The van der Waals surface area contributed by atoms with Crippen LogP contribution in [-0.4, -0.2) is 27.1 Å². The van der Waals surface area contributed by atoms with Gasteiger partial charge in [0.1, 0.15) is 5.82 Å². The van der Waals surface area contributed by atoms with E-state index in [2.05, 4.69) is 21.7 Å². The minimum absolute atomic E-state index is 0.643. The Balaban J connectivity index is 2.06. The summed E-state index contributed by atoms with van der Waals surface area (Å²) in [6, 6.07) is 0. The van der Waals surface area contributed by atoms with Crippen molar-refractivity contribution >= 4 is 11.8 Å². The predicted octanol–water partition coefficient (Wildman–Crippen LogP) is 3.78. The van der Waals surface area contributed by atoms with Crippen LogP contribution >= 0.6 is 11.8 Å². The fourth-order valence-corrected chi connectivity index (χ4v) is 3.26. The first-order valence-electron chi connectivity index (χ1n) is 8.02. The van der Waals surface area contributed by atoms with Gasteiger partial charge in [0.25, 0.3) is 0 Å². The summed E-state index contributed by atoms with van der Waals surface area (Å²) in [5, 5.41) is 9.38. The van der Waals surface area contributed by atoms with Gasteiger partial charge in [-0.1, -0.05) is 63.6 Å². The van der Waals surface area contributed by atoms with Crippen LogP contribution in [0.25, 0.3) is 0 Å². The van der Waals surface area contributed by atoms with Crippen LogP contribution in [-0.2, 0) is 6.54 Å². The van der Waals surface area contributed by atoms with E-state index in [0.717, 1.165) is 23.3 Å². The number of hydrogen-bond acceptors (Lipinski definition) is 4. The van der Waals surface area contributed by atoms with Gasteiger partial charge in [0.2, 0.25) is 0 Å². The largest absolute Gasteiger partial charge is 0.329 e. The molecule has 0 amide bonds. The van der Waals surface area contributed by atoms with E-state index in [1.165, 1.54) is 51.4 Å². The van der Waals surface area contributed by atoms with Crippen LogP contribution in [0.3, 0.4) is 0 Å². The lowest BCUT2D eigenvalue weighted by Crippen LogP contribution is -2.12. The Morgan fingerprint density at radius 2 is 1.65 bits per heavy atom. The quantitative estimate of drug-likeness (QED) is 0.471. The fourth-order valence-electron chi connectivity index (χ4n) is 2.25. The Hall–Kier alpha value is -0.550. The number of rotatable bonds is 12. The first kappa shape index (κ1) is 17.5. The second-order valence-corrected chi connectivity index (χ2v) is 6.36. The molecule has 20 heavy (non-hydrogen) atoms. The fraction of sp³-hybridized carbons (Fsp3) is 0.867. The molecule has 0 atom stereocenters. The maximum absolute atomic E-state index is 5.62. The molecule has 2 N–H and O–H groups in total. The van der Waals surface area contributed by atoms with Crippen LogP contribution < -0.4 is 5.73 Å². The summed E-state index contributed by atoms with van der Waals surface area (Å²) in [5.41, 5.74) is 5.62. The van der Waals surface area contributed by atoms with Gasteiger partial charge in [-0.15, -0.1) is 10.2 Å². The SMILES string of the molecule is CCCCCCCCCCSc1nnc(C)n1CCN. The second-order valence-electron chi connectivity index (χ2n) is 5.29. The van der Waals surface area contributed by atoms with Gasteiger partial charge in [-0.25, -0.2) is 0 Å². The van der Waals surface area contributed by atoms with E-state index in [4.69, 9.17) is 5.73 Å². The topological polar surface area (TPSA) is 56.7 Å². The van der Waals surface area contributed by atoms with Crippen LogP contribution in [0.5, 0.6) is 0 Å². The van der Waals surface area contributed by atoms with Crippen molar-refractivity contribution in [2.45, 2.75) is 76.9 Å². The smallest absolute Gasteiger partial charge is 0.191 e. The molecule has 0 saturated carbocycles. The molecular weight excluding hydrogens is 268 g/mol. The Kier molecular flexibility index (Phi) is 9.75. The molecule has 1 aromatic heterocycles. The first-order chi connectivity index (χ1) is 9.79. The van der Waals surface area contributed by atoms with Gasteiger partial charge in [-0.2, -0.15) is 0 Å². The van der Waals surface area contributed by atoms with Gasteiger partial charge >= 0.3 is 0 Å². The maximum atomic E-state index is 5.62. The molecule has 0 aromatic carbocycles. The molecule has 0 aliphatic rings. The van der Waals surface area contributed by atoms with Gasteiger partial charge in [0.05, 0.1) is 0 Å². The summed E-state index contributed by atoms with van der Waals surface area (Å²) in [7, 11) is 0. The third kappa shape index (κ3) is 6.75. The highest BCUT2D eigenvalue weighted by molar-refractivity contribution is 7.99. The summed E-state index contributed by atoms with van der Waals surface area (Å²) in [6.07, 6.45) is 10.9. The molecular formula is C15H30N4S. The van der Waals surface area contributed by atoms with Crippen LogP contribution in [0.2, 0.25) is 0 Å². The van der Waals surface area contributed by atoms with Crippen LogP contribution in [0, 0.1) is 6.92 Å². The van der Waals surface area contributed by atoms with Gasteiger partial charge < -0.3 is 10.3 Å². The van der Waals surface area contributed by atoms with Gasteiger partial charge in [0.15, 0.2) is 5.16 Å². The third-order valence-electron chi connectivity index (χ3n) is 3.48. The Morgan fingerprint density at radius 3 is 2.30 bits per heavy atom. The molecule has 1 heterocycles. The number of nitrogens with zero attached hydrogens (tertiary/aromatic N) is 3. The number of aryl methyl sites for hydroxylation is 1. The Bertz CT molecular complexity index is 352. The first-order valence-corrected chi connectivity index (χ1v) is 9.00. The summed E-state index contributed by atoms with van der Waals surface area (Å²) in [5.74, 6) is 2.10. The zero-order valence-corrected chi connectivity index (χ0v) is 13.9. The van der Waals surface area contributed by atoms with E-state index >= 15 is 0 Å². The van der Waals surface area contributed by atoms with Gasteiger partial charge in [-0.05, 0) is 13.3 Å². The molecule has 1 aromatic rings. The molecule has 0 unspecified atom stereocenters. The van der Waals surface area contributed by atoms with E-state index in [1.807, 2.05) is 18.7 Å². The van der Waals surface area contributed by atoms with Crippen LogP contribution in [0.1, 0.15) is 64.1 Å². The highest BCUT2D eigenvalue weighted by Crippen LogP contribution is 2.19. The lowest BCUT2D eigenvalue weighted by Gasteiger charge is -2.06. The van der Waals surface area contributed by atoms with Crippen molar-refractivity contribution in [2.75, 3.05) is 12.3 Å². The lowest BCUT2D eigenvalue weighted by atomic mass is 10.1. The van der Waals surface area contributed by atoms with Crippen LogP contribution in [0.15, 0.2) is 5.16 Å². The van der Waals surface area contributed by atoms with Crippen molar-refractivity contribution in [3.63, 3.8) is 0 Å². The highest BCUT2D eigenvalue weighted by Gasteiger charge is 2.07. The predicted molar refractivity (Wildman–Crippen MR) is 87.1 cm³/mol. The molecule has 0 spiro atoms. The molecule has 1 rings (SSSR count). The van der Waals surface area contributed by atoms with Crippen molar-refractivity contribution in [2.24, 2.45) is 5.73 Å². The Labute approximate surface area is 127 Å². The van der Waals surface area contributed by atoms with Gasteiger partial charge in [-0.3, -0.25) is 0 Å². The third-order valence-corrected chi connectivity index (χ3v) is 4.54. The number of nitrogens with two attached hydrogens (primary N) is 1. The molecule has 0 radical (unpaired) electrons. The van der Waals surface area contributed by atoms with E-state index in [-0.39, 0.29) is 0 Å². The summed E-state index contributed by atoms with van der Waals surface area (Å²) in [4.78, 5) is 0. The number of unbranched alkanes of at least 4 members (excludes halogenated alkanes) is 7. The van der Waals surface area contributed by atoms with Crippen LogP contribution in [0.4, 0.5) is 0 Å². The zero-order chi connectivity index (χ0) is 14.6. The van der Waals surface area contributed by atoms with Gasteiger partial charge in [0, 0.05) is 18.8 Å². The average Bonchev–Trinajstić information content (AvgIpc) is 2.79. The lowest BCUT2D eigenvalue weighted by molar-refractivity contribution is 0.586. The Morgan fingerprint density at radius 1 is 1.00 bits per heavy atom. The summed E-state index contributed by atoms with van der Waals surface area (Å²) in [6.45, 7) is 5.72. The molecule has 0 aliphatic carbocycles. The molecule has 4 nitrogen and oxygen atoms in total. The van der Waals surface area contributed by atoms with Crippen molar-refractivity contribution < 1.29 is 0 Å². The number of thioether (sulfide) groups is 1. The normalized spacial score (nSPS) is 11.2. The molecule has 0 fully saturated rings. The summed E-state index contributed by atoms with van der Waals surface area (Å²) >= 11 is 1.81. The van der Waals surface area contributed by atoms with Crippen molar-refractivity contribution in [1.82, 2.24) is 14.8 Å². The maximum Gasteiger partial charge on any atom is 0.191 e. The molecule has 0 bridgehead atoms. The van der Waals surface area contributed by atoms with E-state index in [0.29, 0.717) is 6.54 Å². The highest BCUT2D eigenvalue weighted by atomic mass is 32.2. The van der Waals surface area contributed by atoms with E-state index < -0.39 is 0 Å². The minimum Gasteiger partial charge on any atom is -0.329 e. The summed E-state index contributed by atoms with van der Waals surface area (Å²) < 4.78 is 2.12. The molecule has 0 saturated heterocycles. The second kappa shape index (κ2) is 11.1. The molecule has 116 valence electrons. The van der Waals surface area contributed by atoms with E-state index in [9.17, 15) is 0 Å². The number of hydrogen-bond donors (Lipinski definition) is 1. The van der Waals surface area contributed by atoms with Crippen molar-refractivity contribution in [1.29, 1.82) is 0 Å². The monoisotopic (exact) mass is 298 g/mol. The molecule has 0 aliphatic heterocycles. The molecule has 5 heteroatoms. The minimum atomic E-state index is 0.643. The standard InChI is InChI=1S/C15H30N4S/c1-3-4-5-6-7-8-9-10-13-20-15-18-17-14(2)19(15)12-11-16/h3-13,16H2,1-2H3. The van der Waals surface area contributed by atoms with Crippen molar-refractivity contribution in [3.05, 3.63) is 5.82 Å². The number of aromatic nitrogens is 3. The van der Waals surface area contributed by atoms with Crippen molar-refractivity contribution in [3.8, 4) is 0 Å².